The Balaban J connectivity index is 4.34. The van der Waals surface area contributed by atoms with E-state index >= 15 is 0 Å². The Labute approximate surface area is 374 Å². The molecule has 0 saturated carbocycles. The minimum absolute atomic E-state index is 0.0383. The third kappa shape index (κ3) is 46.8. The third-order valence-electron chi connectivity index (χ3n) is 9.96. The lowest BCUT2D eigenvalue weighted by atomic mass is 10.1. The van der Waals surface area contributed by atoms with Crippen LogP contribution in [0.25, 0.3) is 0 Å². The molecule has 0 rings (SSSR count). The van der Waals surface area contributed by atoms with Crippen LogP contribution >= 0.6 is 7.82 Å². The second kappa shape index (κ2) is 42.7. The van der Waals surface area contributed by atoms with E-state index in [0.29, 0.717) is 23.9 Å². The van der Waals surface area contributed by atoms with Gasteiger partial charge in [-0.05, 0) is 83.5 Å². The Morgan fingerprint density at radius 3 is 1.39 bits per heavy atom. The Bertz CT molecular complexity index is 1270. The second-order valence-corrected chi connectivity index (χ2v) is 18.5. The van der Waals surface area contributed by atoms with Crippen molar-refractivity contribution < 1.29 is 42.1 Å². The van der Waals surface area contributed by atoms with Gasteiger partial charge in [-0.15, -0.1) is 0 Å². The molecule has 9 nitrogen and oxygen atoms in total. The van der Waals surface area contributed by atoms with Gasteiger partial charge in [0.1, 0.15) is 19.8 Å². The summed E-state index contributed by atoms with van der Waals surface area (Å²) in [7, 11) is 1.14. The lowest BCUT2D eigenvalue weighted by molar-refractivity contribution is -0.870. The molecule has 0 aromatic rings. The average molecular weight is 876 g/mol. The number of esters is 2. The molecule has 2 atom stereocenters. The maximum absolute atomic E-state index is 12.7. The highest BCUT2D eigenvalue weighted by Crippen LogP contribution is 2.38. The first-order valence-electron chi connectivity index (χ1n) is 24.1. The van der Waals surface area contributed by atoms with Gasteiger partial charge in [-0.2, -0.15) is 0 Å². The van der Waals surface area contributed by atoms with Crippen LogP contribution < -0.4 is 4.89 Å². The summed E-state index contributed by atoms with van der Waals surface area (Å²) in [6.07, 6.45) is 53.5. The molecule has 61 heavy (non-hydrogen) atoms. The topological polar surface area (TPSA) is 111 Å². The molecule has 0 bridgehead atoms. The molecule has 10 heteroatoms. The van der Waals surface area contributed by atoms with Gasteiger partial charge in [0, 0.05) is 12.8 Å². The molecule has 2 unspecified atom stereocenters. The molecule has 0 N–H and O–H groups in total. The van der Waals surface area contributed by atoms with Crippen LogP contribution in [0.4, 0.5) is 0 Å². The van der Waals surface area contributed by atoms with Gasteiger partial charge in [-0.1, -0.05) is 164 Å². The number of carbonyl (C=O) groups excluding carboxylic acids is 2. The van der Waals surface area contributed by atoms with E-state index in [1.54, 1.807) is 0 Å². The summed E-state index contributed by atoms with van der Waals surface area (Å²) in [4.78, 5) is 37.7. The molecule has 0 aromatic heterocycles. The van der Waals surface area contributed by atoms with Crippen LogP contribution in [0.5, 0.6) is 0 Å². The van der Waals surface area contributed by atoms with Crippen LogP contribution in [0.1, 0.15) is 187 Å². The van der Waals surface area contributed by atoms with Crippen molar-refractivity contribution in [1.29, 1.82) is 0 Å². The van der Waals surface area contributed by atoms with Crippen LogP contribution in [0.3, 0.4) is 0 Å². The van der Waals surface area contributed by atoms with E-state index in [4.69, 9.17) is 18.5 Å². The molecule has 0 aliphatic rings. The van der Waals surface area contributed by atoms with Gasteiger partial charge < -0.3 is 27.9 Å². The van der Waals surface area contributed by atoms with Crippen LogP contribution in [0.2, 0.25) is 0 Å². The molecule has 0 aliphatic heterocycles. The van der Waals surface area contributed by atoms with Crippen molar-refractivity contribution in [3.8, 4) is 0 Å². The van der Waals surface area contributed by atoms with Gasteiger partial charge in [0.25, 0.3) is 7.82 Å². The SMILES string of the molecule is CC/C=C\C/C=C\C/C=C\C/C=C\CCCCCCCCCCC(=O)OC(COC(=O)CCCCCCC/C=C\C/C=C\CCCCCC)COP(=O)([O-])OCC[N+](C)(C)C. The van der Waals surface area contributed by atoms with E-state index in [1.807, 2.05) is 21.1 Å². The van der Waals surface area contributed by atoms with E-state index < -0.39 is 32.5 Å². The summed E-state index contributed by atoms with van der Waals surface area (Å²) in [5, 5.41) is 0. The molecule has 0 amide bonds. The van der Waals surface area contributed by atoms with Gasteiger partial charge in [-0.25, -0.2) is 0 Å². The maximum atomic E-state index is 12.7. The second-order valence-electron chi connectivity index (χ2n) is 17.1. The average Bonchev–Trinajstić information content (AvgIpc) is 3.21. The van der Waals surface area contributed by atoms with Crippen LogP contribution in [-0.4, -0.2) is 70.0 Å². The number of hydrogen-bond donors (Lipinski definition) is 0. The number of carbonyl (C=O) groups is 2. The molecular formula is C51H90NO8P. The Hall–Kier alpha value is -2.55. The summed E-state index contributed by atoms with van der Waals surface area (Å²) < 4.78 is 34.0. The predicted molar refractivity (Wildman–Crippen MR) is 254 cm³/mol. The molecule has 0 radical (unpaired) electrons. The monoisotopic (exact) mass is 876 g/mol. The van der Waals surface area contributed by atoms with E-state index in [2.05, 4.69) is 86.8 Å². The van der Waals surface area contributed by atoms with Crippen molar-refractivity contribution in [2.75, 3.05) is 47.5 Å². The number of ether oxygens (including phenoxy) is 2. The number of likely N-dealkylation sites (N-methyl/N-ethyl adjacent to an activating group) is 1. The lowest BCUT2D eigenvalue weighted by Crippen LogP contribution is -2.37. The van der Waals surface area contributed by atoms with Crippen LogP contribution in [0, 0.1) is 0 Å². The number of phosphoric acid groups is 1. The maximum Gasteiger partial charge on any atom is 0.306 e. The normalized spacial score (nSPS) is 14.1. The molecule has 0 fully saturated rings. The van der Waals surface area contributed by atoms with E-state index in [1.165, 1.54) is 57.8 Å². The fraction of sp³-hybridized carbons (Fsp3) is 0.725. The van der Waals surface area contributed by atoms with Gasteiger partial charge in [0.2, 0.25) is 0 Å². The van der Waals surface area contributed by atoms with E-state index in [-0.39, 0.29) is 26.1 Å². The van der Waals surface area contributed by atoms with Crippen molar-refractivity contribution in [3.05, 3.63) is 72.9 Å². The molecule has 0 aliphatic carbocycles. The first kappa shape index (κ1) is 58.5. The first-order valence-corrected chi connectivity index (χ1v) is 25.6. The number of hydrogen-bond acceptors (Lipinski definition) is 8. The minimum Gasteiger partial charge on any atom is -0.756 e. The van der Waals surface area contributed by atoms with Crippen molar-refractivity contribution in [1.82, 2.24) is 0 Å². The highest BCUT2D eigenvalue weighted by atomic mass is 31.2. The number of rotatable bonds is 43. The molecule has 352 valence electrons. The Morgan fingerprint density at radius 2 is 0.934 bits per heavy atom. The molecular weight excluding hydrogens is 786 g/mol. The minimum atomic E-state index is -4.64. The summed E-state index contributed by atoms with van der Waals surface area (Å²) in [6.45, 7) is 4.07. The highest BCUT2D eigenvalue weighted by molar-refractivity contribution is 7.45. The quantitative estimate of drug-likeness (QED) is 0.0196. The summed E-state index contributed by atoms with van der Waals surface area (Å²) in [6, 6.07) is 0. The first-order chi connectivity index (χ1) is 29.5. The standard InChI is InChI=1S/C51H90NO8P/c1-6-8-10-12-14-16-18-20-22-24-25-26-27-28-30-32-34-36-38-40-42-44-51(54)60-49(48-59-61(55,56)58-46-45-52(3,4)5)47-57-50(53)43-41-39-37-35-33-31-29-23-21-19-17-15-13-11-9-7-2/h8,10,14,16-17,19-20,22-23,25-26,29,49H,6-7,9,11-13,15,18,21,24,27-28,30-48H2,1-5H3/b10-8-,16-14-,19-17-,22-20-,26-25-,29-23-. The molecule has 0 heterocycles. The fourth-order valence-corrected chi connectivity index (χ4v) is 6.93. The van der Waals surface area contributed by atoms with Gasteiger partial charge in [0.15, 0.2) is 6.10 Å². The van der Waals surface area contributed by atoms with Crippen molar-refractivity contribution in [3.63, 3.8) is 0 Å². The number of nitrogens with zero attached hydrogens (tertiary/aromatic N) is 1. The molecule has 0 saturated heterocycles. The van der Waals surface area contributed by atoms with Gasteiger partial charge in [-0.3, -0.25) is 14.2 Å². The van der Waals surface area contributed by atoms with Crippen molar-refractivity contribution in [2.45, 2.75) is 193 Å². The predicted octanol–water partition coefficient (Wildman–Crippen LogP) is 13.6. The number of allylic oxidation sites excluding steroid dienone is 12. The summed E-state index contributed by atoms with van der Waals surface area (Å²) >= 11 is 0. The van der Waals surface area contributed by atoms with Crippen LogP contribution in [0.15, 0.2) is 72.9 Å². The van der Waals surface area contributed by atoms with Gasteiger partial charge >= 0.3 is 11.9 Å². The summed E-state index contributed by atoms with van der Waals surface area (Å²) in [5.41, 5.74) is 0. The van der Waals surface area contributed by atoms with Crippen molar-refractivity contribution in [2.24, 2.45) is 0 Å². The number of quaternary nitrogens is 1. The highest BCUT2D eigenvalue weighted by Gasteiger charge is 2.21. The zero-order valence-electron chi connectivity index (χ0n) is 39.6. The summed E-state index contributed by atoms with van der Waals surface area (Å²) in [5.74, 6) is -0.863. The van der Waals surface area contributed by atoms with Gasteiger partial charge in [0.05, 0.1) is 27.7 Å². The zero-order valence-corrected chi connectivity index (χ0v) is 40.5. The van der Waals surface area contributed by atoms with E-state index in [9.17, 15) is 19.0 Å². The van der Waals surface area contributed by atoms with Crippen LogP contribution in [-0.2, 0) is 32.7 Å². The fourth-order valence-electron chi connectivity index (χ4n) is 6.20. The Kier molecular flexibility index (Phi) is 40.9. The molecule has 0 aromatic carbocycles. The number of unbranched alkanes of at least 4 members (excludes halogenated alkanes) is 17. The van der Waals surface area contributed by atoms with E-state index in [0.717, 1.165) is 89.9 Å². The molecule has 0 spiro atoms. The van der Waals surface area contributed by atoms with Crippen molar-refractivity contribution >= 4 is 19.8 Å². The number of phosphoric ester groups is 1. The third-order valence-corrected chi connectivity index (χ3v) is 10.9. The largest absolute Gasteiger partial charge is 0.756 e. The smallest absolute Gasteiger partial charge is 0.306 e. The Morgan fingerprint density at radius 1 is 0.525 bits per heavy atom. The zero-order chi connectivity index (χ0) is 45.0. The lowest BCUT2D eigenvalue weighted by Gasteiger charge is -2.28.